The van der Waals surface area contributed by atoms with Gasteiger partial charge in [0.05, 0.1) is 0 Å². The molecule has 4 nitrogen and oxygen atoms in total. The monoisotopic (exact) mass is 274 g/mol. The molecule has 1 saturated heterocycles. The third kappa shape index (κ3) is 2.70. The van der Waals surface area contributed by atoms with Gasteiger partial charge in [0, 0.05) is 32.2 Å². The second-order valence-electron chi connectivity index (χ2n) is 4.47. The van der Waals surface area contributed by atoms with Crippen molar-refractivity contribution < 1.29 is 8.42 Å². The molecule has 0 saturated carbocycles. The molecular formula is C11H18N2O2S2. The molecule has 0 amide bonds. The van der Waals surface area contributed by atoms with Crippen molar-refractivity contribution >= 4 is 21.4 Å². The Labute approximate surface area is 107 Å². The molecule has 1 aromatic heterocycles. The largest absolute Gasteiger partial charge is 0.298 e. The van der Waals surface area contributed by atoms with E-state index in [4.69, 9.17) is 0 Å². The summed E-state index contributed by atoms with van der Waals surface area (Å²) in [6.45, 7) is 7.12. The number of thiophene rings is 1. The van der Waals surface area contributed by atoms with Crippen LogP contribution in [0.1, 0.15) is 13.8 Å². The smallest absolute Gasteiger partial charge is 0.252 e. The molecule has 0 bridgehead atoms. The quantitative estimate of drug-likeness (QED) is 0.838. The molecule has 0 radical (unpaired) electrons. The van der Waals surface area contributed by atoms with Gasteiger partial charge in [-0.2, -0.15) is 4.31 Å². The molecule has 0 atom stereocenters. The Morgan fingerprint density at radius 2 is 1.88 bits per heavy atom. The fourth-order valence-electron chi connectivity index (χ4n) is 2.00. The molecule has 1 aliphatic rings. The molecule has 0 aromatic carbocycles. The molecular weight excluding hydrogens is 256 g/mol. The van der Waals surface area contributed by atoms with Crippen LogP contribution in [0.3, 0.4) is 0 Å². The molecule has 2 heterocycles. The number of hydrogen-bond acceptors (Lipinski definition) is 4. The van der Waals surface area contributed by atoms with Gasteiger partial charge in [0.2, 0.25) is 0 Å². The average Bonchev–Trinajstić information content (AvgIpc) is 2.83. The highest BCUT2D eigenvalue weighted by atomic mass is 32.2. The molecule has 1 fully saturated rings. The van der Waals surface area contributed by atoms with Gasteiger partial charge in [-0.25, -0.2) is 8.42 Å². The van der Waals surface area contributed by atoms with Gasteiger partial charge in [-0.3, -0.25) is 4.90 Å². The Balaban J connectivity index is 2.07. The summed E-state index contributed by atoms with van der Waals surface area (Å²) >= 11 is 1.29. The Morgan fingerprint density at radius 3 is 2.35 bits per heavy atom. The lowest BCUT2D eigenvalue weighted by molar-refractivity contribution is 0.154. The zero-order chi connectivity index (χ0) is 12.5. The molecule has 0 N–H and O–H groups in total. The first-order valence-electron chi connectivity index (χ1n) is 5.79. The SMILES string of the molecule is CC(C)N1CCN(S(=O)(=O)c2cccs2)CC1. The maximum Gasteiger partial charge on any atom is 0.252 e. The van der Waals surface area contributed by atoms with E-state index in [2.05, 4.69) is 18.7 Å². The van der Waals surface area contributed by atoms with E-state index >= 15 is 0 Å². The van der Waals surface area contributed by atoms with Gasteiger partial charge in [-0.1, -0.05) is 6.07 Å². The highest BCUT2D eigenvalue weighted by Crippen LogP contribution is 2.22. The van der Waals surface area contributed by atoms with Gasteiger partial charge in [-0.15, -0.1) is 11.3 Å². The minimum Gasteiger partial charge on any atom is -0.298 e. The lowest BCUT2D eigenvalue weighted by Gasteiger charge is -2.35. The summed E-state index contributed by atoms with van der Waals surface area (Å²) in [5.74, 6) is 0. The van der Waals surface area contributed by atoms with E-state index < -0.39 is 10.0 Å². The summed E-state index contributed by atoms with van der Waals surface area (Å²) in [5, 5.41) is 1.80. The molecule has 6 heteroatoms. The first kappa shape index (κ1) is 13.0. The zero-order valence-electron chi connectivity index (χ0n) is 10.2. The van der Waals surface area contributed by atoms with Crippen molar-refractivity contribution in [1.82, 2.24) is 9.21 Å². The van der Waals surface area contributed by atoms with E-state index in [1.807, 2.05) is 0 Å². The van der Waals surface area contributed by atoms with Crippen LogP contribution in [0, 0.1) is 0 Å². The van der Waals surface area contributed by atoms with Gasteiger partial charge in [0.15, 0.2) is 0 Å². The molecule has 2 rings (SSSR count). The molecule has 0 aliphatic carbocycles. The summed E-state index contributed by atoms with van der Waals surface area (Å²) in [6, 6.07) is 3.94. The van der Waals surface area contributed by atoms with Crippen LogP contribution in [-0.2, 0) is 10.0 Å². The van der Waals surface area contributed by atoms with Crippen molar-refractivity contribution in [1.29, 1.82) is 0 Å². The third-order valence-corrected chi connectivity index (χ3v) is 6.36. The van der Waals surface area contributed by atoms with Crippen LogP contribution in [0.2, 0.25) is 0 Å². The normalized spacial score (nSPS) is 19.9. The summed E-state index contributed by atoms with van der Waals surface area (Å²) in [6.07, 6.45) is 0. The van der Waals surface area contributed by atoms with Crippen molar-refractivity contribution in [2.24, 2.45) is 0 Å². The predicted octanol–water partition coefficient (Wildman–Crippen LogP) is 1.46. The lowest BCUT2D eigenvalue weighted by Crippen LogP contribution is -2.50. The number of piperazine rings is 1. The minimum absolute atomic E-state index is 0.454. The predicted molar refractivity (Wildman–Crippen MR) is 69.8 cm³/mol. The van der Waals surface area contributed by atoms with Crippen LogP contribution in [0.15, 0.2) is 21.7 Å². The second kappa shape index (κ2) is 5.06. The molecule has 0 unspecified atom stereocenters. The highest BCUT2D eigenvalue weighted by Gasteiger charge is 2.29. The van der Waals surface area contributed by atoms with E-state index in [0.29, 0.717) is 23.3 Å². The van der Waals surface area contributed by atoms with E-state index in [9.17, 15) is 8.42 Å². The van der Waals surface area contributed by atoms with Crippen LogP contribution in [0.5, 0.6) is 0 Å². The Kier molecular flexibility index (Phi) is 3.87. The maximum absolute atomic E-state index is 12.2. The van der Waals surface area contributed by atoms with Gasteiger partial charge in [-0.05, 0) is 25.3 Å². The summed E-state index contributed by atoms with van der Waals surface area (Å²) in [4.78, 5) is 2.31. The van der Waals surface area contributed by atoms with Gasteiger partial charge in [0.25, 0.3) is 10.0 Å². The standard InChI is InChI=1S/C11H18N2O2S2/c1-10(2)12-5-7-13(8-6-12)17(14,15)11-4-3-9-16-11/h3-4,9-10H,5-8H2,1-2H3. The Morgan fingerprint density at radius 1 is 1.24 bits per heavy atom. The number of rotatable bonds is 3. The second-order valence-corrected chi connectivity index (χ2v) is 7.58. The van der Waals surface area contributed by atoms with Crippen molar-refractivity contribution in [2.45, 2.75) is 24.1 Å². The third-order valence-electron chi connectivity index (χ3n) is 3.09. The van der Waals surface area contributed by atoms with Crippen molar-refractivity contribution in [3.8, 4) is 0 Å². The van der Waals surface area contributed by atoms with Crippen LogP contribution >= 0.6 is 11.3 Å². The molecule has 96 valence electrons. The zero-order valence-corrected chi connectivity index (χ0v) is 11.8. The summed E-state index contributed by atoms with van der Waals surface area (Å²) < 4.78 is 26.5. The van der Waals surface area contributed by atoms with E-state index in [1.54, 1.807) is 21.8 Å². The van der Waals surface area contributed by atoms with E-state index in [0.717, 1.165) is 13.1 Å². The summed E-state index contributed by atoms with van der Waals surface area (Å²) in [7, 11) is -3.24. The van der Waals surface area contributed by atoms with E-state index in [1.165, 1.54) is 11.3 Å². The highest BCUT2D eigenvalue weighted by molar-refractivity contribution is 7.91. The molecule has 1 aromatic rings. The van der Waals surface area contributed by atoms with Crippen LogP contribution < -0.4 is 0 Å². The van der Waals surface area contributed by atoms with Gasteiger partial charge >= 0.3 is 0 Å². The maximum atomic E-state index is 12.2. The first-order valence-corrected chi connectivity index (χ1v) is 8.11. The summed E-state index contributed by atoms with van der Waals surface area (Å²) in [5.41, 5.74) is 0. The van der Waals surface area contributed by atoms with E-state index in [-0.39, 0.29) is 0 Å². The van der Waals surface area contributed by atoms with Crippen molar-refractivity contribution in [3.63, 3.8) is 0 Å². The topological polar surface area (TPSA) is 40.6 Å². The Hall–Kier alpha value is -0.430. The minimum atomic E-state index is -3.24. The first-order chi connectivity index (χ1) is 8.01. The molecule has 0 spiro atoms. The average molecular weight is 274 g/mol. The number of sulfonamides is 1. The van der Waals surface area contributed by atoms with Crippen LogP contribution in [0.25, 0.3) is 0 Å². The molecule has 17 heavy (non-hydrogen) atoms. The van der Waals surface area contributed by atoms with Crippen molar-refractivity contribution in [2.75, 3.05) is 26.2 Å². The number of hydrogen-bond donors (Lipinski definition) is 0. The van der Waals surface area contributed by atoms with Crippen molar-refractivity contribution in [3.05, 3.63) is 17.5 Å². The Bertz CT molecular complexity index is 446. The number of nitrogens with zero attached hydrogens (tertiary/aromatic N) is 2. The lowest BCUT2D eigenvalue weighted by atomic mass is 10.3. The van der Waals surface area contributed by atoms with Gasteiger partial charge < -0.3 is 0 Å². The van der Waals surface area contributed by atoms with Crippen LogP contribution in [0.4, 0.5) is 0 Å². The van der Waals surface area contributed by atoms with Gasteiger partial charge in [0.1, 0.15) is 4.21 Å². The fraction of sp³-hybridized carbons (Fsp3) is 0.636. The molecule has 1 aliphatic heterocycles. The van der Waals surface area contributed by atoms with Crippen LogP contribution in [-0.4, -0.2) is 49.8 Å². The fourth-order valence-corrected chi connectivity index (χ4v) is 4.56.